The van der Waals surface area contributed by atoms with Crippen LogP contribution in [-0.4, -0.2) is 57.4 Å². The van der Waals surface area contributed by atoms with Crippen molar-refractivity contribution in [1.29, 1.82) is 0 Å². The molecule has 1 atom stereocenters. The second-order valence-corrected chi connectivity index (χ2v) is 6.22. The van der Waals surface area contributed by atoms with E-state index in [0.717, 1.165) is 41.2 Å². The monoisotopic (exact) mass is 336 g/mol. The number of hydrogen-bond acceptors (Lipinski definition) is 5. The molecule has 1 aliphatic rings. The molecule has 1 aromatic rings. The molecule has 1 unspecified atom stereocenters. The number of nitrogens with zero attached hydrogens (tertiary/aromatic N) is 2. The van der Waals surface area contributed by atoms with Gasteiger partial charge in [0.05, 0.1) is 26.9 Å². The van der Waals surface area contributed by atoms with E-state index in [9.17, 15) is 4.79 Å². The van der Waals surface area contributed by atoms with Crippen molar-refractivity contribution >= 4 is 6.09 Å². The lowest BCUT2D eigenvalue weighted by atomic mass is 9.89. The van der Waals surface area contributed by atoms with Crippen molar-refractivity contribution in [2.45, 2.75) is 32.9 Å². The van der Waals surface area contributed by atoms with Crippen molar-refractivity contribution in [3.05, 3.63) is 22.8 Å². The molecule has 0 N–H and O–H groups in total. The number of methoxy groups -OCH3 is 2. The summed E-state index contributed by atoms with van der Waals surface area (Å²) in [6, 6.07) is 1.90. The first-order valence-electron chi connectivity index (χ1n) is 8.29. The van der Waals surface area contributed by atoms with Gasteiger partial charge in [-0.3, -0.25) is 0 Å². The number of hydrogen-bond donors (Lipinski definition) is 0. The number of amides is 1. The Morgan fingerprint density at radius 1 is 1.33 bits per heavy atom. The third-order valence-corrected chi connectivity index (χ3v) is 4.36. The number of rotatable bonds is 5. The van der Waals surface area contributed by atoms with Gasteiger partial charge in [-0.1, -0.05) is 0 Å². The van der Waals surface area contributed by atoms with E-state index in [1.165, 1.54) is 0 Å². The van der Waals surface area contributed by atoms with Gasteiger partial charge in [0.15, 0.2) is 0 Å². The maximum atomic E-state index is 12.2. The molecule has 6 heteroatoms. The Balaban J connectivity index is 2.51. The highest BCUT2D eigenvalue weighted by Gasteiger charge is 2.34. The predicted octanol–water partition coefficient (Wildman–Crippen LogP) is 2.84. The summed E-state index contributed by atoms with van der Waals surface area (Å²) in [5, 5.41) is 0. The molecule has 1 aromatic carbocycles. The highest BCUT2D eigenvalue weighted by atomic mass is 16.6. The van der Waals surface area contributed by atoms with Gasteiger partial charge in [0.2, 0.25) is 0 Å². The minimum absolute atomic E-state index is 0.120. The first-order chi connectivity index (χ1) is 11.4. The van der Waals surface area contributed by atoms with Gasteiger partial charge in [-0.2, -0.15) is 0 Å². The molecule has 0 aromatic heterocycles. The van der Waals surface area contributed by atoms with Crippen LogP contribution in [0.25, 0.3) is 0 Å². The molecule has 1 aliphatic heterocycles. The van der Waals surface area contributed by atoms with Crippen LogP contribution in [0.4, 0.5) is 4.79 Å². The van der Waals surface area contributed by atoms with Crippen molar-refractivity contribution < 1.29 is 19.0 Å². The third kappa shape index (κ3) is 3.43. The number of ether oxygens (including phenoxy) is 3. The Morgan fingerprint density at radius 2 is 2.04 bits per heavy atom. The SMILES string of the molecule is CCOC(=O)N1CCc2c(OC)c(CN(C)C)cc(OC)c2C1C. The van der Waals surface area contributed by atoms with Gasteiger partial charge in [-0.25, -0.2) is 4.79 Å². The van der Waals surface area contributed by atoms with Crippen LogP contribution in [0.5, 0.6) is 11.5 Å². The van der Waals surface area contributed by atoms with Crippen molar-refractivity contribution in [2.24, 2.45) is 0 Å². The molecule has 0 bridgehead atoms. The maximum absolute atomic E-state index is 12.2. The molecule has 0 aliphatic carbocycles. The zero-order valence-corrected chi connectivity index (χ0v) is 15.5. The molecule has 2 rings (SSSR count). The van der Waals surface area contributed by atoms with Crippen molar-refractivity contribution in [3.8, 4) is 11.5 Å². The van der Waals surface area contributed by atoms with E-state index in [2.05, 4.69) is 4.90 Å². The lowest BCUT2D eigenvalue weighted by molar-refractivity contribution is 0.0892. The Kier molecular flexibility index (Phi) is 5.94. The van der Waals surface area contributed by atoms with Gasteiger partial charge >= 0.3 is 6.09 Å². The van der Waals surface area contributed by atoms with Crippen LogP contribution in [0, 0.1) is 0 Å². The highest BCUT2D eigenvalue weighted by Crippen LogP contribution is 2.43. The molecule has 0 saturated carbocycles. The zero-order valence-electron chi connectivity index (χ0n) is 15.5. The minimum atomic E-state index is -0.283. The van der Waals surface area contributed by atoms with Gasteiger partial charge in [-0.15, -0.1) is 0 Å². The molecular formula is C18H28N2O4. The molecule has 0 spiro atoms. The van der Waals surface area contributed by atoms with Gasteiger partial charge in [0.25, 0.3) is 0 Å². The van der Waals surface area contributed by atoms with Crippen LogP contribution in [0.3, 0.4) is 0 Å². The largest absolute Gasteiger partial charge is 0.496 e. The summed E-state index contributed by atoms with van der Waals surface area (Å²) in [7, 11) is 7.41. The van der Waals surface area contributed by atoms with Gasteiger partial charge < -0.3 is 24.0 Å². The fourth-order valence-electron chi connectivity index (χ4n) is 3.39. The van der Waals surface area contributed by atoms with Crippen molar-refractivity contribution in [3.63, 3.8) is 0 Å². The summed E-state index contributed by atoms with van der Waals surface area (Å²) in [5.41, 5.74) is 3.23. The third-order valence-electron chi connectivity index (χ3n) is 4.36. The Bertz CT molecular complexity index is 601. The van der Waals surface area contributed by atoms with Gasteiger partial charge in [0.1, 0.15) is 11.5 Å². The second-order valence-electron chi connectivity index (χ2n) is 6.22. The first kappa shape index (κ1) is 18.4. The number of fused-ring (bicyclic) bond motifs is 1. The van der Waals surface area contributed by atoms with Gasteiger partial charge in [0, 0.05) is 29.8 Å². The van der Waals surface area contributed by atoms with E-state index in [1.54, 1.807) is 19.1 Å². The molecule has 24 heavy (non-hydrogen) atoms. The molecule has 0 fully saturated rings. The number of carbonyl (C=O) groups excluding carboxylic acids is 1. The molecule has 0 radical (unpaired) electrons. The molecule has 1 heterocycles. The van der Waals surface area contributed by atoms with E-state index >= 15 is 0 Å². The van der Waals surface area contributed by atoms with Crippen LogP contribution in [0.2, 0.25) is 0 Å². The fraction of sp³-hybridized carbons (Fsp3) is 0.611. The van der Waals surface area contributed by atoms with E-state index in [-0.39, 0.29) is 12.1 Å². The Hall–Kier alpha value is -1.95. The summed E-state index contributed by atoms with van der Waals surface area (Å²) in [4.78, 5) is 16.1. The summed E-state index contributed by atoms with van der Waals surface area (Å²) >= 11 is 0. The molecule has 134 valence electrons. The maximum Gasteiger partial charge on any atom is 0.410 e. The second kappa shape index (κ2) is 7.75. The van der Waals surface area contributed by atoms with Crippen LogP contribution in [0.1, 0.15) is 36.6 Å². The van der Waals surface area contributed by atoms with Crippen LogP contribution >= 0.6 is 0 Å². The molecule has 1 amide bonds. The fourth-order valence-corrected chi connectivity index (χ4v) is 3.39. The van der Waals surface area contributed by atoms with E-state index in [1.807, 2.05) is 34.0 Å². The molecular weight excluding hydrogens is 308 g/mol. The molecule has 6 nitrogen and oxygen atoms in total. The topological polar surface area (TPSA) is 51.2 Å². The number of benzene rings is 1. The average Bonchev–Trinajstić information content (AvgIpc) is 2.53. The summed E-state index contributed by atoms with van der Waals surface area (Å²) in [6.07, 6.45) is 0.438. The zero-order chi connectivity index (χ0) is 17.9. The van der Waals surface area contributed by atoms with E-state index in [4.69, 9.17) is 14.2 Å². The van der Waals surface area contributed by atoms with Gasteiger partial charge in [-0.05, 0) is 40.4 Å². The first-order valence-corrected chi connectivity index (χ1v) is 8.29. The average molecular weight is 336 g/mol. The lowest BCUT2D eigenvalue weighted by Crippen LogP contribution is -2.39. The molecule has 0 saturated heterocycles. The Labute approximate surface area is 144 Å². The quantitative estimate of drug-likeness (QED) is 0.827. The van der Waals surface area contributed by atoms with E-state index < -0.39 is 0 Å². The number of carbonyl (C=O) groups is 1. The summed E-state index contributed by atoms with van der Waals surface area (Å²) < 4.78 is 16.5. The standard InChI is InChI=1S/C18H28N2O4/c1-7-24-18(21)20-9-8-14-16(12(20)2)15(22-5)10-13(11-19(3)4)17(14)23-6/h10,12H,7-9,11H2,1-6H3. The minimum Gasteiger partial charge on any atom is -0.496 e. The highest BCUT2D eigenvalue weighted by molar-refractivity contribution is 5.70. The Morgan fingerprint density at radius 3 is 2.58 bits per heavy atom. The van der Waals surface area contributed by atoms with E-state index in [0.29, 0.717) is 13.2 Å². The predicted molar refractivity (Wildman–Crippen MR) is 92.8 cm³/mol. The van der Waals surface area contributed by atoms with Crippen molar-refractivity contribution in [1.82, 2.24) is 9.80 Å². The summed E-state index contributed by atoms with van der Waals surface area (Å²) in [5.74, 6) is 1.69. The lowest BCUT2D eigenvalue weighted by Gasteiger charge is -2.36. The van der Waals surface area contributed by atoms with Crippen molar-refractivity contribution in [2.75, 3.05) is 41.5 Å². The normalized spacial score (nSPS) is 16.8. The van der Waals surface area contributed by atoms with Crippen LogP contribution < -0.4 is 9.47 Å². The smallest absolute Gasteiger partial charge is 0.410 e. The van der Waals surface area contributed by atoms with Crippen LogP contribution in [0.15, 0.2) is 6.07 Å². The van der Waals surface area contributed by atoms with Crippen LogP contribution in [-0.2, 0) is 17.7 Å². The summed E-state index contributed by atoms with van der Waals surface area (Å²) in [6.45, 7) is 5.57.